The smallest absolute Gasteiger partial charge is 0.271 e. The van der Waals surface area contributed by atoms with Gasteiger partial charge < -0.3 is 4.90 Å². The molecule has 0 spiro atoms. The van der Waals surface area contributed by atoms with Gasteiger partial charge in [-0.25, -0.2) is 0 Å². The van der Waals surface area contributed by atoms with Crippen molar-refractivity contribution in [2.45, 2.75) is 31.7 Å². The Hall–Kier alpha value is -2.76. The first-order valence-electron chi connectivity index (χ1n) is 7.65. The lowest BCUT2D eigenvalue weighted by atomic mass is 10.1. The van der Waals surface area contributed by atoms with E-state index in [-0.39, 0.29) is 17.6 Å². The Balaban J connectivity index is 2.00. The van der Waals surface area contributed by atoms with E-state index in [1.807, 2.05) is 0 Å². The molecule has 0 atom stereocenters. The van der Waals surface area contributed by atoms with Gasteiger partial charge in [0.15, 0.2) is 0 Å². The zero-order valence-electron chi connectivity index (χ0n) is 12.6. The third-order valence-corrected chi connectivity index (χ3v) is 4.15. The first-order valence-corrected chi connectivity index (χ1v) is 7.65. The Morgan fingerprint density at radius 3 is 2.52 bits per heavy atom. The van der Waals surface area contributed by atoms with E-state index in [0.717, 1.165) is 25.7 Å². The number of benzene rings is 1. The second kappa shape index (κ2) is 6.56. The van der Waals surface area contributed by atoms with Gasteiger partial charge in [-0.3, -0.25) is 19.9 Å². The number of pyridine rings is 1. The Bertz CT molecular complexity index is 712. The van der Waals surface area contributed by atoms with Crippen LogP contribution in [-0.2, 0) is 0 Å². The van der Waals surface area contributed by atoms with Gasteiger partial charge in [0.05, 0.1) is 10.6 Å². The number of nitro benzene ring substituents is 1. The molecule has 0 radical (unpaired) electrons. The van der Waals surface area contributed by atoms with Crippen LogP contribution in [0.3, 0.4) is 0 Å². The van der Waals surface area contributed by atoms with Gasteiger partial charge in [-0.1, -0.05) is 18.9 Å². The average Bonchev–Trinajstić information content (AvgIpc) is 3.10. The third kappa shape index (κ3) is 3.21. The fourth-order valence-corrected chi connectivity index (χ4v) is 3.05. The maximum atomic E-state index is 12.9. The van der Waals surface area contributed by atoms with E-state index >= 15 is 0 Å². The number of carbonyl (C=O) groups excluding carboxylic acids is 1. The van der Waals surface area contributed by atoms with Crippen LogP contribution in [0.4, 0.5) is 11.4 Å². The van der Waals surface area contributed by atoms with Crippen molar-refractivity contribution in [3.8, 4) is 0 Å². The average molecular weight is 311 g/mol. The van der Waals surface area contributed by atoms with Gasteiger partial charge in [0.25, 0.3) is 11.6 Å². The van der Waals surface area contributed by atoms with E-state index in [9.17, 15) is 14.9 Å². The van der Waals surface area contributed by atoms with Crippen molar-refractivity contribution in [2.75, 3.05) is 4.90 Å². The summed E-state index contributed by atoms with van der Waals surface area (Å²) in [6, 6.07) is 9.70. The molecule has 1 aromatic carbocycles. The van der Waals surface area contributed by atoms with Crippen LogP contribution in [-0.4, -0.2) is 21.9 Å². The lowest BCUT2D eigenvalue weighted by Gasteiger charge is -2.29. The summed E-state index contributed by atoms with van der Waals surface area (Å²) in [5.41, 5.74) is 1.11. The molecule has 1 aliphatic rings. The number of non-ortho nitro benzene ring substituents is 1. The van der Waals surface area contributed by atoms with Gasteiger partial charge in [0.1, 0.15) is 0 Å². The molecule has 3 rings (SSSR count). The molecule has 6 nitrogen and oxygen atoms in total. The molecule has 118 valence electrons. The Kier molecular flexibility index (Phi) is 4.32. The van der Waals surface area contributed by atoms with E-state index in [0.29, 0.717) is 11.3 Å². The Morgan fingerprint density at radius 2 is 1.87 bits per heavy atom. The van der Waals surface area contributed by atoms with Gasteiger partial charge in [-0.2, -0.15) is 0 Å². The highest BCUT2D eigenvalue weighted by molar-refractivity contribution is 6.06. The largest absolute Gasteiger partial charge is 0.305 e. The molecule has 1 amide bonds. The number of amides is 1. The second-order valence-corrected chi connectivity index (χ2v) is 5.63. The normalized spacial score (nSPS) is 14.6. The summed E-state index contributed by atoms with van der Waals surface area (Å²) < 4.78 is 0. The number of aromatic nitrogens is 1. The zero-order chi connectivity index (χ0) is 16.2. The molecule has 1 heterocycles. The van der Waals surface area contributed by atoms with E-state index in [4.69, 9.17) is 0 Å². The number of carbonyl (C=O) groups is 1. The van der Waals surface area contributed by atoms with Gasteiger partial charge >= 0.3 is 0 Å². The summed E-state index contributed by atoms with van der Waals surface area (Å²) in [7, 11) is 0. The van der Waals surface area contributed by atoms with E-state index < -0.39 is 4.92 Å². The van der Waals surface area contributed by atoms with Crippen molar-refractivity contribution < 1.29 is 9.72 Å². The predicted octanol–water partition coefficient (Wildman–Crippen LogP) is 3.58. The number of hydrogen-bond donors (Lipinski definition) is 0. The van der Waals surface area contributed by atoms with Crippen molar-refractivity contribution in [2.24, 2.45) is 0 Å². The van der Waals surface area contributed by atoms with Crippen LogP contribution < -0.4 is 4.90 Å². The fourth-order valence-electron chi connectivity index (χ4n) is 3.05. The lowest BCUT2D eigenvalue weighted by molar-refractivity contribution is -0.384. The quantitative estimate of drug-likeness (QED) is 0.639. The van der Waals surface area contributed by atoms with Crippen LogP contribution in [0.2, 0.25) is 0 Å². The van der Waals surface area contributed by atoms with Crippen LogP contribution in [0, 0.1) is 10.1 Å². The van der Waals surface area contributed by atoms with Gasteiger partial charge in [0.2, 0.25) is 0 Å². The van der Waals surface area contributed by atoms with Gasteiger partial charge in [0, 0.05) is 36.1 Å². The number of hydrogen-bond acceptors (Lipinski definition) is 4. The molecule has 23 heavy (non-hydrogen) atoms. The summed E-state index contributed by atoms with van der Waals surface area (Å²) in [6.45, 7) is 0. The minimum atomic E-state index is -0.437. The molecular weight excluding hydrogens is 294 g/mol. The molecule has 0 saturated heterocycles. The zero-order valence-corrected chi connectivity index (χ0v) is 12.6. The molecule has 0 bridgehead atoms. The monoisotopic (exact) mass is 311 g/mol. The molecule has 0 aliphatic heterocycles. The van der Waals surface area contributed by atoms with E-state index in [1.54, 1.807) is 41.6 Å². The van der Waals surface area contributed by atoms with Gasteiger partial charge in [-0.05, 0) is 31.0 Å². The fraction of sp³-hybridized carbons (Fsp3) is 0.294. The first-order chi connectivity index (χ1) is 11.2. The molecule has 1 aliphatic carbocycles. The summed E-state index contributed by atoms with van der Waals surface area (Å²) in [4.78, 5) is 29.2. The Labute approximate surface area is 133 Å². The van der Waals surface area contributed by atoms with Crippen LogP contribution in [0.25, 0.3) is 0 Å². The van der Waals surface area contributed by atoms with E-state index in [1.165, 1.54) is 12.1 Å². The SMILES string of the molecule is O=C(c1ccncc1)N(c1cccc([N+](=O)[O-])c1)C1CCCC1. The topological polar surface area (TPSA) is 76.3 Å². The molecule has 2 aromatic rings. The molecule has 1 fully saturated rings. The van der Waals surface area contributed by atoms with Gasteiger partial charge in [-0.15, -0.1) is 0 Å². The molecule has 1 saturated carbocycles. The van der Waals surface area contributed by atoms with Crippen LogP contribution >= 0.6 is 0 Å². The highest BCUT2D eigenvalue weighted by atomic mass is 16.6. The lowest BCUT2D eigenvalue weighted by Crippen LogP contribution is -2.39. The Morgan fingerprint density at radius 1 is 1.17 bits per heavy atom. The van der Waals surface area contributed by atoms with Crippen LogP contribution in [0.15, 0.2) is 48.8 Å². The van der Waals surface area contributed by atoms with E-state index in [2.05, 4.69) is 4.98 Å². The maximum Gasteiger partial charge on any atom is 0.271 e. The number of nitrogens with zero attached hydrogens (tertiary/aromatic N) is 3. The highest BCUT2D eigenvalue weighted by Crippen LogP contribution is 2.31. The minimum absolute atomic E-state index is 0.00646. The maximum absolute atomic E-state index is 12.9. The summed E-state index contributed by atoms with van der Waals surface area (Å²) >= 11 is 0. The molecule has 0 unspecified atom stereocenters. The molecule has 1 aromatic heterocycles. The summed E-state index contributed by atoms with van der Waals surface area (Å²) in [6.07, 6.45) is 7.12. The van der Waals surface area contributed by atoms with Crippen LogP contribution in [0.5, 0.6) is 0 Å². The summed E-state index contributed by atoms with van der Waals surface area (Å²) in [5.74, 6) is -0.139. The van der Waals surface area contributed by atoms with Crippen molar-refractivity contribution in [3.63, 3.8) is 0 Å². The number of rotatable bonds is 4. The van der Waals surface area contributed by atoms with Crippen molar-refractivity contribution in [1.82, 2.24) is 4.98 Å². The third-order valence-electron chi connectivity index (χ3n) is 4.15. The summed E-state index contributed by atoms with van der Waals surface area (Å²) in [5, 5.41) is 11.0. The van der Waals surface area contributed by atoms with Crippen molar-refractivity contribution in [3.05, 3.63) is 64.5 Å². The van der Waals surface area contributed by atoms with Crippen LogP contribution in [0.1, 0.15) is 36.0 Å². The number of nitro groups is 1. The molecular formula is C17H17N3O3. The number of anilines is 1. The predicted molar refractivity (Wildman–Crippen MR) is 86.4 cm³/mol. The standard InChI is InChI=1S/C17H17N3O3/c21-17(13-8-10-18-11-9-13)19(14-4-1-2-5-14)15-6-3-7-16(12-15)20(22)23/h3,6-12,14H,1-2,4-5H2. The van der Waals surface area contributed by atoms with Crippen molar-refractivity contribution >= 4 is 17.3 Å². The van der Waals surface area contributed by atoms with Crippen molar-refractivity contribution in [1.29, 1.82) is 0 Å². The minimum Gasteiger partial charge on any atom is -0.305 e. The molecule has 0 N–H and O–H groups in total. The first kappa shape index (κ1) is 15.1. The second-order valence-electron chi connectivity index (χ2n) is 5.63. The molecule has 6 heteroatoms. The highest BCUT2D eigenvalue weighted by Gasteiger charge is 2.29.